The third kappa shape index (κ3) is 4.35. The number of piperidine rings is 1. The van der Waals surface area contributed by atoms with Crippen molar-refractivity contribution in [3.63, 3.8) is 0 Å². The maximum atomic E-state index is 12.7. The van der Waals surface area contributed by atoms with E-state index >= 15 is 0 Å². The first-order valence-electron chi connectivity index (χ1n) is 10.0. The van der Waals surface area contributed by atoms with E-state index in [1.54, 1.807) is 22.9 Å². The van der Waals surface area contributed by atoms with Crippen LogP contribution in [0.3, 0.4) is 0 Å². The molecule has 0 unspecified atom stereocenters. The molecule has 2 amide bonds. The first-order valence-corrected chi connectivity index (χ1v) is 10.0. The number of benzene rings is 1. The van der Waals surface area contributed by atoms with E-state index in [9.17, 15) is 19.5 Å². The Bertz CT molecular complexity index is 1150. The number of likely N-dealkylation sites (tertiary alicyclic amines) is 1. The summed E-state index contributed by atoms with van der Waals surface area (Å²) >= 11 is 0. The summed E-state index contributed by atoms with van der Waals surface area (Å²) in [5, 5.41) is 16.7. The summed E-state index contributed by atoms with van der Waals surface area (Å²) in [5.74, 6) is -0.672. The zero-order chi connectivity index (χ0) is 22.0. The number of nitrogens with one attached hydrogen (secondary N) is 2. The molecule has 1 aromatic carbocycles. The van der Waals surface area contributed by atoms with Gasteiger partial charge >= 0.3 is 0 Å². The van der Waals surface area contributed by atoms with E-state index in [1.165, 1.54) is 12.1 Å². The van der Waals surface area contributed by atoms with Gasteiger partial charge in [-0.15, -0.1) is 0 Å². The summed E-state index contributed by atoms with van der Waals surface area (Å²) in [6.45, 7) is 1.01. The third-order valence-electron chi connectivity index (χ3n) is 5.56. The fourth-order valence-corrected chi connectivity index (χ4v) is 3.82. The second kappa shape index (κ2) is 8.47. The van der Waals surface area contributed by atoms with Crippen LogP contribution in [-0.2, 0) is 0 Å². The van der Waals surface area contributed by atoms with Crippen LogP contribution in [0.25, 0.3) is 0 Å². The zero-order valence-corrected chi connectivity index (χ0v) is 17.0. The van der Waals surface area contributed by atoms with Gasteiger partial charge in [-0.05, 0) is 31.0 Å². The average Bonchev–Trinajstić information content (AvgIpc) is 3.28. The van der Waals surface area contributed by atoms with Gasteiger partial charge in [-0.2, -0.15) is 5.10 Å². The van der Waals surface area contributed by atoms with Crippen LogP contribution in [0, 0.1) is 0 Å². The van der Waals surface area contributed by atoms with Crippen LogP contribution in [0.15, 0.2) is 53.3 Å². The molecule has 0 bridgehead atoms. The number of carbonyl (C=O) groups excluding carboxylic acids is 2. The Kier molecular flexibility index (Phi) is 5.57. The van der Waals surface area contributed by atoms with Gasteiger partial charge in [-0.1, -0.05) is 18.2 Å². The maximum absolute atomic E-state index is 12.7. The first kappa shape index (κ1) is 20.4. The van der Waals surface area contributed by atoms with Gasteiger partial charge in [-0.3, -0.25) is 24.5 Å². The van der Waals surface area contributed by atoms with Crippen LogP contribution in [0.4, 0.5) is 5.69 Å². The molecule has 31 heavy (non-hydrogen) atoms. The number of nitrogens with zero attached hydrogens (tertiary/aromatic N) is 3. The molecule has 1 aliphatic rings. The fraction of sp³-hybridized carbons (Fsp3) is 0.273. The second-order valence-corrected chi connectivity index (χ2v) is 7.59. The van der Waals surface area contributed by atoms with Crippen molar-refractivity contribution in [1.82, 2.24) is 20.1 Å². The molecule has 0 saturated carbocycles. The summed E-state index contributed by atoms with van der Waals surface area (Å²) < 4.78 is 0. The Labute approximate surface area is 178 Å². The number of H-pyrrole nitrogens is 2. The highest BCUT2D eigenvalue weighted by atomic mass is 16.3. The number of aromatic amines is 2. The molecule has 0 spiro atoms. The van der Waals surface area contributed by atoms with Gasteiger partial charge in [0, 0.05) is 49.6 Å². The predicted molar refractivity (Wildman–Crippen MR) is 114 cm³/mol. The van der Waals surface area contributed by atoms with Gasteiger partial charge in [-0.25, -0.2) is 0 Å². The van der Waals surface area contributed by atoms with Crippen molar-refractivity contribution in [3.8, 4) is 5.88 Å². The highest BCUT2D eigenvalue weighted by molar-refractivity contribution is 6.04. The van der Waals surface area contributed by atoms with Gasteiger partial charge < -0.3 is 14.9 Å². The van der Waals surface area contributed by atoms with Crippen molar-refractivity contribution < 1.29 is 14.7 Å². The SMILES string of the molecule is CN(C(=O)c1cc(C2CCN(C(=O)c3cc(O)[nH]c(=O)c3)CC2)[nH]n1)c1ccccc1. The quantitative estimate of drug-likeness (QED) is 0.595. The van der Waals surface area contributed by atoms with Gasteiger partial charge in [0.1, 0.15) is 0 Å². The molecule has 9 heteroatoms. The van der Waals surface area contributed by atoms with Gasteiger partial charge in [0.05, 0.1) is 5.56 Å². The molecule has 1 saturated heterocycles. The molecule has 4 rings (SSSR count). The minimum Gasteiger partial charge on any atom is -0.494 e. The van der Waals surface area contributed by atoms with Crippen LogP contribution in [-0.4, -0.2) is 57.1 Å². The summed E-state index contributed by atoms with van der Waals surface area (Å²) in [5.41, 5.74) is 1.64. The van der Waals surface area contributed by atoms with Crippen molar-refractivity contribution in [3.05, 3.63) is 75.8 Å². The van der Waals surface area contributed by atoms with E-state index in [2.05, 4.69) is 15.2 Å². The summed E-state index contributed by atoms with van der Waals surface area (Å²) in [6, 6.07) is 13.6. The van der Waals surface area contributed by atoms with Crippen LogP contribution in [0.1, 0.15) is 45.3 Å². The first-order chi connectivity index (χ1) is 14.9. The van der Waals surface area contributed by atoms with E-state index in [0.717, 1.165) is 11.4 Å². The number of anilines is 1. The number of para-hydroxylation sites is 1. The lowest BCUT2D eigenvalue weighted by atomic mass is 9.93. The van der Waals surface area contributed by atoms with E-state index < -0.39 is 5.56 Å². The second-order valence-electron chi connectivity index (χ2n) is 7.59. The van der Waals surface area contributed by atoms with Crippen molar-refractivity contribution in [1.29, 1.82) is 0 Å². The molecule has 3 aromatic rings. The smallest absolute Gasteiger partial charge is 0.278 e. The predicted octanol–water partition coefficient (Wildman–Crippen LogP) is 2.10. The maximum Gasteiger partial charge on any atom is 0.278 e. The van der Waals surface area contributed by atoms with E-state index in [4.69, 9.17) is 0 Å². The third-order valence-corrected chi connectivity index (χ3v) is 5.56. The molecule has 1 fully saturated rings. The van der Waals surface area contributed by atoms with Gasteiger partial charge in [0.15, 0.2) is 11.6 Å². The van der Waals surface area contributed by atoms with Gasteiger partial charge in [0.2, 0.25) is 0 Å². The molecule has 3 N–H and O–H groups in total. The zero-order valence-electron chi connectivity index (χ0n) is 17.0. The van der Waals surface area contributed by atoms with Crippen molar-refractivity contribution in [2.45, 2.75) is 18.8 Å². The van der Waals surface area contributed by atoms with Crippen molar-refractivity contribution in [2.24, 2.45) is 0 Å². The minimum atomic E-state index is -0.520. The number of pyridine rings is 1. The molecule has 3 heterocycles. The Morgan fingerprint density at radius 3 is 2.52 bits per heavy atom. The number of rotatable bonds is 4. The summed E-state index contributed by atoms with van der Waals surface area (Å²) in [7, 11) is 1.71. The molecule has 0 radical (unpaired) electrons. The molecular weight excluding hydrogens is 398 g/mol. The fourth-order valence-electron chi connectivity index (χ4n) is 3.82. The lowest BCUT2D eigenvalue weighted by Crippen LogP contribution is -2.38. The standard InChI is InChI=1S/C22H23N5O4/c1-26(16-5-3-2-4-6-16)22(31)18-13-17(24-25-18)14-7-9-27(10-8-14)21(30)15-11-19(28)23-20(29)12-15/h2-6,11-14H,7-10H2,1H3,(H,24,25)(H2,23,28,29). The number of hydrogen-bond donors (Lipinski definition) is 3. The normalized spacial score (nSPS) is 14.4. The monoisotopic (exact) mass is 421 g/mol. The largest absolute Gasteiger partial charge is 0.494 e. The van der Waals surface area contributed by atoms with Gasteiger partial charge in [0.25, 0.3) is 17.4 Å². The summed E-state index contributed by atoms with van der Waals surface area (Å²) in [6.07, 6.45) is 1.40. The molecule has 1 aliphatic heterocycles. The lowest BCUT2D eigenvalue weighted by Gasteiger charge is -2.31. The molecule has 160 valence electrons. The number of aromatic hydroxyl groups is 1. The molecule has 0 atom stereocenters. The van der Waals surface area contributed by atoms with Crippen LogP contribution in [0.2, 0.25) is 0 Å². The Morgan fingerprint density at radius 2 is 1.84 bits per heavy atom. The van der Waals surface area contributed by atoms with E-state index in [1.807, 2.05) is 30.3 Å². The molecule has 0 aliphatic carbocycles. The van der Waals surface area contributed by atoms with Crippen LogP contribution < -0.4 is 10.5 Å². The number of carbonyl (C=O) groups is 2. The van der Waals surface area contributed by atoms with Crippen LogP contribution >= 0.6 is 0 Å². The highest BCUT2D eigenvalue weighted by Crippen LogP contribution is 2.28. The lowest BCUT2D eigenvalue weighted by molar-refractivity contribution is 0.0711. The van der Waals surface area contributed by atoms with Crippen molar-refractivity contribution >= 4 is 17.5 Å². The Hall–Kier alpha value is -3.88. The van der Waals surface area contributed by atoms with E-state index in [0.29, 0.717) is 31.6 Å². The summed E-state index contributed by atoms with van der Waals surface area (Å²) in [4.78, 5) is 42.3. The average molecular weight is 421 g/mol. The topological polar surface area (TPSA) is 122 Å². The van der Waals surface area contributed by atoms with Crippen LogP contribution in [0.5, 0.6) is 5.88 Å². The molecular formula is C22H23N5O4. The Balaban J connectivity index is 1.39. The minimum absolute atomic E-state index is 0.146. The highest BCUT2D eigenvalue weighted by Gasteiger charge is 2.27. The molecule has 9 nitrogen and oxygen atoms in total. The number of hydrogen-bond acceptors (Lipinski definition) is 5. The Morgan fingerprint density at radius 1 is 1.13 bits per heavy atom. The van der Waals surface area contributed by atoms with E-state index in [-0.39, 0.29) is 29.2 Å². The number of aromatic nitrogens is 3. The number of amides is 2. The molecule has 2 aromatic heterocycles. The van der Waals surface area contributed by atoms with Crippen molar-refractivity contribution in [2.75, 3.05) is 25.0 Å².